The summed E-state index contributed by atoms with van der Waals surface area (Å²) in [4.78, 5) is 16.9. The molecular weight excluding hydrogens is 234 g/mol. The van der Waals surface area contributed by atoms with E-state index in [0.717, 1.165) is 22.8 Å². The van der Waals surface area contributed by atoms with Crippen LogP contribution in [0.2, 0.25) is 0 Å². The highest BCUT2D eigenvalue weighted by Crippen LogP contribution is 2.23. The minimum atomic E-state index is 0.478. The van der Waals surface area contributed by atoms with E-state index in [4.69, 9.17) is 5.73 Å². The molecule has 2 aromatic rings. The lowest BCUT2D eigenvalue weighted by molar-refractivity contribution is 0.886. The molecule has 0 aliphatic heterocycles. The number of nitrogens with zero attached hydrogens (tertiary/aromatic N) is 4. The van der Waals surface area contributed by atoms with Gasteiger partial charge in [-0.2, -0.15) is 0 Å². The number of aryl methyl sites for hydroxylation is 2. The maximum Gasteiger partial charge on any atom is 0.193 e. The van der Waals surface area contributed by atoms with E-state index in [0.29, 0.717) is 11.0 Å². The highest BCUT2D eigenvalue weighted by Gasteiger charge is 2.05. The van der Waals surface area contributed by atoms with E-state index in [9.17, 15) is 0 Å². The Kier molecular flexibility index (Phi) is 3.53. The fourth-order valence-corrected chi connectivity index (χ4v) is 1.96. The van der Waals surface area contributed by atoms with Crippen LogP contribution in [0.4, 0.5) is 5.82 Å². The van der Waals surface area contributed by atoms with Gasteiger partial charge in [-0.25, -0.2) is 19.9 Å². The molecule has 0 atom stereocenters. The van der Waals surface area contributed by atoms with Crippen molar-refractivity contribution in [3.63, 3.8) is 0 Å². The first-order chi connectivity index (χ1) is 8.17. The molecule has 2 rings (SSSR count). The van der Waals surface area contributed by atoms with Crippen LogP contribution in [0.3, 0.4) is 0 Å². The third-order valence-electron chi connectivity index (χ3n) is 2.04. The third-order valence-corrected chi connectivity index (χ3v) is 2.85. The monoisotopic (exact) mass is 247 g/mol. The van der Waals surface area contributed by atoms with E-state index < -0.39 is 0 Å². The van der Waals surface area contributed by atoms with Crippen LogP contribution in [0, 0.1) is 6.92 Å². The first-order valence-electron chi connectivity index (χ1n) is 5.27. The second-order valence-corrected chi connectivity index (χ2v) is 4.53. The highest BCUT2D eigenvalue weighted by molar-refractivity contribution is 7.99. The lowest BCUT2D eigenvalue weighted by Crippen LogP contribution is -1.99. The average Bonchev–Trinajstić information content (AvgIpc) is 2.31. The number of rotatable bonds is 3. The predicted molar refractivity (Wildman–Crippen MR) is 66.7 cm³/mol. The first-order valence-corrected chi connectivity index (χ1v) is 6.09. The zero-order valence-corrected chi connectivity index (χ0v) is 10.5. The van der Waals surface area contributed by atoms with Crippen LogP contribution in [0.1, 0.15) is 18.3 Å². The Bertz CT molecular complexity index is 512. The Hall–Kier alpha value is -1.69. The van der Waals surface area contributed by atoms with Crippen LogP contribution in [0.25, 0.3) is 0 Å². The fraction of sp³-hybridized carbons (Fsp3) is 0.273. The lowest BCUT2D eigenvalue weighted by atomic mass is 10.4. The molecule has 0 amide bonds. The van der Waals surface area contributed by atoms with Crippen molar-refractivity contribution in [1.29, 1.82) is 0 Å². The van der Waals surface area contributed by atoms with Crippen LogP contribution < -0.4 is 5.73 Å². The van der Waals surface area contributed by atoms with Crippen LogP contribution in [-0.4, -0.2) is 19.9 Å². The maximum atomic E-state index is 5.71. The number of nitrogens with two attached hydrogens (primary N) is 1. The van der Waals surface area contributed by atoms with Crippen molar-refractivity contribution in [2.75, 3.05) is 5.73 Å². The minimum absolute atomic E-state index is 0.478. The Morgan fingerprint density at radius 1 is 1.24 bits per heavy atom. The molecule has 5 nitrogen and oxygen atoms in total. The van der Waals surface area contributed by atoms with Gasteiger partial charge in [0.25, 0.3) is 0 Å². The molecule has 0 bridgehead atoms. The van der Waals surface area contributed by atoms with E-state index in [-0.39, 0.29) is 0 Å². The van der Waals surface area contributed by atoms with Crippen molar-refractivity contribution < 1.29 is 0 Å². The highest BCUT2D eigenvalue weighted by atomic mass is 32.2. The topological polar surface area (TPSA) is 77.6 Å². The molecule has 2 heterocycles. The smallest absolute Gasteiger partial charge is 0.193 e. The summed E-state index contributed by atoms with van der Waals surface area (Å²) in [6.45, 7) is 3.94. The van der Waals surface area contributed by atoms with Crippen LogP contribution in [-0.2, 0) is 6.42 Å². The molecule has 0 aliphatic carbocycles. The maximum absolute atomic E-state index is 5.71. The summed E-state index contributed by atoms with van der Waals surface area (Å²) in [7, 11) is 0. The van der Waals surface area contributed by atoms with Gasteiger partial charge in [0.05, 0.1) is 0 Å². The van der Waals surface area contributed by atoms with Crippen molar-refractivity contribution in [2.24, 2.45) is 0 Å². The summed E-state index contributed by atoms with van der Waals surface area (Å²) in [6.07, 6.45) is 4.31. The van der Waals surface area contributed by atoms with Gasteiger partial charge in [0.2, 0.25) is 0 Å². The van der Waals surface area contributed by atoms with Gasteiger partial charge in [-0.3, -0.25) is 0 Å². The Morgan fingerprint density at radius 3 is 2.59 bits per heavy atom. The Morgan fingerprint density at radius 2 is 1.94 bits per heavy atom. The van der Waals surface area contributed by atoms with Crippen molar-refractivity contribution in [2.45, 2.75) is 30.5 Å². The summed E-state index contributed by atoms with van der Waals surface area (Å²) in [5.41, 5.74) is 6.74. The molecule has 2 aromatic heterocycles. The van der Waals surface area contributed by atoms with Crippen molar-refractivity contribution >= 4 is 17.6 Å². The fourth-order valence-electron chi connectivity index (χ4n) is 1.23. The number of aromatic nitrogens is 4. The Labute approximate surface area is 104 Å². The second kappa shape index (κ2) is 5.09. The molecule has 88 valence electrons. The van der Waals surface area contributed by atoms with Crippen molar-refractivity contribution in [3.05, 3.63) is 29.8 Å². The second-order valence-electron chi connectivity index (χ2n) is 3.55. The average molecular weight is 247 g/mol. The van der Waals surface area contributed by atoms with Crippen molar-refractivity contribution in [1.82, 2.24) is 19.9 Å². The summed E-state index contributed by atoms with van der Waals surface area (Å²) in [5.74, 6) is 1.21. The third kappa shape index (κ3) is 3.13. The van der Waals surface area contributed by atoms with Gasteiger partial charge < -0.3 is 5.73 Å². The minimum Gasteiger partial charge on any atom is -0.384 e. The summed E-state index contributed by atoms with van der Waals surface area (Å²) in [5, 5.41) is 1.44. The molecule has 0 fully saturated rings. The van der Waals surface area contributed by atoms with Crippen molar-refractivity contribution in [3.8, 4) is 0 Å². The summed E-state index contributed by atoms with van der Waals surface area (Å²) >= 11 is 1.39. The summed E-state index contributed by atoms with van der Waals surface area (Å²) in [6, 6.07) is 1.73. The van der Waals surface area contributed by atoms with E-state index in [2.05, 4.69) is 19.9 Å². The molecule has 17 heavy (non-hydrogen) atoms. The lowest BCUT2D eigenvalue weighted by Gasteiger charge is -2.03. The molecule has 0 aliphatic rings. The van der Waals surface area contributed by atoms with Crippen LogP contribution in [0.5, 0.6) is 0 Å². The van der Waals surface area contributed by atoms with Gasteiger partial charge >= 0.3 is 0 Å². The Balaban J connectivity index is 2.23. The van der Waals surface area contributed by atoms with E-state index in [1.165, 1.54) is 11.8 Å². The molecule has 0 radical (unpaired) electrons. The standard InChI is InChI=1S/C11H13N5S/c1-3-9-15-8(12)4-10(16-9)17-11-13-5-7(2)6-14-11/h4-6H,3H2,1-2H3,(H2,12,15,16). The molecule has 2 N–H and O–H groups in total. The quantitative estimate of drug-likeness (QED) is 0.659. The van der Waals surface area contributed by atoms with E-state index in [1.54, 1.807) is 18.5 Å². The largest absolute Gasteiger partial charge is 0.384 e. The normalized spacial score (nSPS) is 10.5. The predicted octanol–water partition coefficient (Wildman–Crippen LogP) is 1.87. The van der Waals surface area contributed by atoms with Gasteiger partial charge in [0.15, 0.2) is 5.16 Å². The summed E-state index contributed by atoms with van der Waals surface area (Å²) < 4.78 is 0. The van der Waals surface area contributed by atoms with E-state index in [1.807, 2.05) is 13.8 Å². The number of hydrogen-bond donors (Lipinski definition) is 1. The van der Waals surface area contributed by atoms with Gasteiger partial charge in [-0.1, -0.05) is 6.92 Å². The van der Waals surface area contributed by atoms with E-state index >= 15 is 0 Å². The SMILES string of the molecule is CCc1nc(N)cc(Sc2ncc(C)cn2)n1. The van der Waals surface area contributed by atoms with Gasteiger partial charge in [0.1, 0.15) is 16.7 Å². The van der Waals surface area contributed by atoms with Crippen LogP contribution >= 0.6 is 11.8 Å². The molecule has 0 saturated carbocycles. The first kappa shape index (κ1) is 11.8. The zero-order chi connectivity index (χ0) is 12.3. The molecule has 0 spiro atoms. The van der Waals surface area contributed by atoms with Gasteiger partial charge in [0, 0.05) is 24.9 Å². The zero-order valence-electron chi connectivity index (χ0n) is 9.71. The molecule has 6 heteroatoms. The number of nitrogen functional groups attached to an aromatic ring is 1. The molecule has 0 unspecified atom stereocenters. The number of anilines is 1. The molecule has 0 saturated heterocycles. The van der Waals surface area contributed by atoms with Gasteiger partial charge in [-0.15, -0.1) is 0 Å². The molecular formula is C11H13N5S. The van der Waals surface area contributed by atoms with Crippen LogP contribution in [0.15, 0.2) is 28.6 Å². The molecule has 0 aromatic carbocycles. The van der Waals surface area contributed by atoms with Gasteiger partial charge in [-0.05, 0) is 24.2 Å². The number of hydrogen-bond acceptors (Lipinski definition) is 6.